The van der Waals surface area contributed by atoms with Gasteiger partial charge in [0.15, 0.2) is 0 Å². The van der Waals surface area contributed by atoms with Crippen molar-refractivity contribution in [2.24, 2.45) is 27.1 Å². The molecule has 0 amide bonds. The van der Waals surface area contributed by atoms with Gasteiger partial charge < -0.3 is 19.7 Å². The van der Waals surface area contributed by atoms with E-state index in [1.807, 2.05) is 0 Å². The summed E-state index contributed by atoms with van der Waals surface area (Å²) in [5.41, 5.74) is -3.36. The van der Waals surface area contributed by atoms with Crippen LogP contribution in [0.4, 0.5) is 0 Å². The largest absolute Gasteiger partial charge is 0.481 e. The molecule has 4 aliphatic rings. The van der Waals surface area contributed by atoms with Gasteiger partial charge in [0.05, 0.1) is 24.0 Å². The van der Waals surface area contributed by atoms with Crippen LogP contribution in [0.5, 0.6) is 0 Å². The second-order valence-corrected chi connectivity index (χ2v) is 13.1. The number of carbonyl (C=O) groups is 4. The van der Waals surface area contributed by atoms with Crippen LogP contribution >= 0.6 is 0 Å². The van der Waals surface area contributed by atoms with Crippen LogP contribution in [0.3, 0.4) is 0 Å². The summed E-state index contributed by atoms with van der Waals surface area (Å²) in [7, 11) is 0. The van der Waals surface area contributed by atoms with Crippen LogP contribution in [0.15, 0.2) is 24.3 Å². The minimum atomic E-state index is -1.16. The van der Waals surface area contributed by atoms with E-state index in [1.165, 1.54) is 0 Å². The Balaban J connectivity index is 1.93. The third kappa shape index (κ3) is 5.03. The molecule has 4 fully saturated rings. The first-order valence-corrected chi connectivity index (χ1v) is 13.7. The average Bonchev–Trinajstić information content (AvgIpc) is 2.78. The molecule has 4 saturated carbocycles. The van der Waals surface area contributed by atoms with Crippen LogP contribution < -0.4 is 0 Å². The van der Waals surface area contributed by atoms with Crippen molar-refractivity contribution in [1.29, 1.82) is 0 Å². The second kappa shape index (κ2) is 10.5. The van der Waals surface area contributed by atoms with E-state index < -0.39 is 40.1 Å². The van der Waals surface area contributed by atoms with Crippen molar-refractivity contribution in [1.82, 2.24) is 0 Å². The van der Waals surface area contributed by atoms with E-state index >= 15 is 0 Å². The molecular formula is C30H44O8. The van der Waals surface area contributed by atoms with Gasteiger partial charge in [-0.2, -0.15) is 0 Å². The Kier molecular flexibility index (Phi) is 8.26. The third-order valence-corrected chi connectivity index (χ3v) is 9.58. The lowest BCUT2D eigenvalue weighted by atomic mass is 9.26. The van der Waals surface area contributed by atoms with Gasteiger partial charge in [0.1, 0.15) is 0 Å². The van der Waals surface area contributed by atoms with Gasteiger partial charge in [0, 0.05) is 16.6 Å². The molecule has 0 aromatic heterocycles. The summed E-state index contributed by atoms with van der Waals surface area (Å²) in [4.78, 5) is 50.1. The molecule has 4 rings (SSSR count). The predicted molar refractivity (Wildman–Crippen MR) is 141 cm³/mol. The van der Waals surface area contributed by atoms with Crippen molar-refractivity contribution in [3.05, 3.63) is 24.3 Å². The number of hydrogen-bond acceptors (Lipinski definition) is 6. The summed E-state index contributed by atoms with van der Waals surface area (Å²) in [6.45, 7) is 14.8. The topological polar surface area (TPSA) is 127 Å². The Hall–Kier alpha value is -2.64. The van der Waals surface area contributed by atoms with Crippen LogP contribution in [-0.2, 0) is 28.7 Å². The van der Waals surface area contributed by atoms with Gasteiger partial charge in [-0.1, -0.05) is 27.0 Å². The fourth-order valence-electron chi connectivity index (χ4n) is 9.01. The van der Waals surface area contributed by atoms with Crippen LogP contribution in [0.2, 0.25) is 0 Å². The highest BCUT2D eigenvalue weighted by molar-refractivity contribution is 5.87. The Labute approximate surface area is 225 Å². The average molecular weight is 533 g/mol. The Bertz CT molecular complexity index is 929. The van der Waals surface area contributed by atoms with E-state index in [1.54, 1.807) is 13.8 Å². The molecule has 212 valence electrons. The molecule has 0 spiro atoms. The summed E-state index contributed by atoms with van der Waals surface area (Å²) < 4.78 is 10.5. The number of unbranched alkanes of at least 4 members (excludes halogenated alkanes) is 2. The zero-order chi connectivity index (χ0) is 28.6. The normalized spacial score (nSPS) is 32.4. The second-order valence-electron chi connectivity index (χ2n) is 13.1. The molecule has 0 aromatic rings. The van der Waals surface area contributed by atoms with Crippen LogP contribution in [0.25, 0.3) is 0 Å². The molecule has 0 aliphatic heterocycles. The van der Waals surface area contributed by atoms with Crippen molar-refractivity contribution in [2.45, 2.75) is 98.3 Å². The van der Waals surface area contributed by atoms with E-state index in [0.717, 1.165) is 6.42 Å². The van der Waals surface area contributed by atoms with Gasteiger partial charge in [-0.05, 0) is 95.3 Å². The standard InChI is InChI=1S/C30H44O8/c1-20(2)22(31)37-13-9-7-11-30(12-8-10-14-38-23(32)21(3)4)28(24(33)34)16-26(5)15-27(6,18-28)19-29(30,17-26)25(35)36/h1,3,7-19H2,2,4-6H3,(H,33,34)(H,35,36). The Morgan fingerprint density at radius 2 is 1.00 bits per heavy atom. The molecule has 0 atom stereocenters. The summed E-state index contributed by atoms with van der Waals surface area (Å²) in [5.74, 6) is -2.74. The van der Waals surface area contributed by atoms with Crippen molar-refractivity contribution in [3.63, 3.8) is 0 Å². The number of rotatable bonds is 14. The van der Waals surface area contributed by atoms with Gasteiger partial charge in [-0.15, -0.1) is 0 Å². The first-order chi connectivity index (χ1) is 17.6. The van der Waals surface area contributed by atoms with Gasteiger partial charge in [-0.25, -0.2) is 9.59 Å². The third-order valence-electron chi connectivity index (χ3n) is 9.58. The molecule has 0 radical (unpaired) electrons. The molecule has 2 N–H and O–H groups in total. The number of esters is 2. The fourth-order valence-corrected chi connectivity index (χ4v) is 9.01. The molecule has 0 unspecified atom stereocenters. The lowest BCUT2D eigenvalue weighted by Crippen LogP contribution is -2.74. The molecule has 0 saturated heterocycles. The maximum atomic E-state index is 13.3. The Morgan fingerprint density at radius 1 is 0.658 bits per heavy atom. The monoisotopic (exact) mass is 532 g/mol. The van der Waals surface area contributed by atoms with E-state index in [9.17, 15) is 29.4 Å². The highest BCUT2D eigenvalue weighted by Crippen LogP contribution is 2.82. The van der Waals surface area contributed by atoms with Crippen LogP contribution in [-0.4, -0.2) is 47.3 Å². The molecule has 0 heterocycles. The minimum Gasteiger partial charge on any atom is -0.481 e. The highest BCUT2D eigenvalue weighted by atomic mass is 16.5. The SMILES string of the molecule is C=C(C)C(=O)OCCCCC1(CCCCOC(=O)C(=C)C)C2(C(=O)O)CC3(C)CC(C)(C2)CC1(C(=O)O)C3. The number of carbonyl (C=O) groups excluding carboxylic acids is 2. The quantitative estimate of drug-likeness (QED) is 0.166. The first-order valence-electron chi connectivity index (χ1n) is 13.7. The Morgan fingerprint density at radius 3 is 1.29 bits per heavy atom. The number of aliphatic carboxylic acids is 2. The number of ether oxygens (including phenoxy) is 2. The molecule has 8 nitrogen and oxygen atoms in total. The maximum Gasteiger partial charge on any atom is 0.333 e. The zero-order valence-electron chi connectivity index (χ0n) is 23.5. The van der Waals surface area contributed by atoms with E-state index in [-0.39, 0.29) is 24.0 Å². The van der Waals surface area contributed by atoms with Gasteiger partial charge in [0.2, 0.25) is 0 Å². The summed E-state index contributed by atoms with van der Waals surface area (Å²) in [5, 5.41) is 21.7. The van der Waals surface area contributed by atoms with Crippen molar-refractivity contribution < 1.29 is 38.9 Å². The lowest BCUT2D eigenvalue weighted by Gasteiger charge is -2.75. The molecular weight excluding hydrogens is 488 g/mol. The summed E-state index contributed by atoms with van der Waals surface area (Å²) >= 11 is 0. The summed E-state index contributed by atoms with van der Waals surface area (Å²) in [6, 6.07) is 0. The smallest absolute Gasteiger partial charge is 0.333 e. The predicted octanol–water partition coefficient (Wildman–Crippen LogP) is 5.70. The lowest BCUT2D eigenvalue weighted by molar-refractivity contribution is -0.284. The maximum absolute atomic E-state index is 13.3. The number of carboxylic acid groups (broad SMARTS) is 2. The minimum absolute atomic E-state index is 0.175. The van der Waals surface area contributed by atoms with Crippen molar-refractivity contribution in [2.75, 3.05) is 13.2 Å². The van der Waals surface area contributed by atoms with Crippen LogP contribution in [0.1, 0.15) is 98.3 Å². The summed E-state index contributed by atoms with van der Waals surface area (Å²) in [6.07, 6.45) is 5.68. The molecule has 8 heteroatoms. The first kappa shape index (κ1) is 29.9. The highest BCUT2D eigenvalue weighted by Gasteiger charge is 2.80. The van der Waals surface area contributed by atoms with E-state index in [0.29, 0.717) is 75.4 Å². The molecule has 4 aliphatic carbocycles. The van der Waals surface area contributed by atoms with E-state index in [2.05, 4.69) is 27.0 Å². The van der Waals surface area contributed by atoms with Crippen molar-refractivity contribution in [3.8, 4) is 0 Å². The van der Waals surface area contributed by atoms with Gasteiger partial charge in [0.25, 0.3) is 0 Å². The van der Waals surface area contributed by atoms with Crippen LogP contribution in [0, 0.1) is 27.1 Å². The number of hydrogen-bond donors (Lipinski definition) is 2. The zero-order valence-corrected chi connectivity index (χ0v) is 23.5. The molecule has 38 heavy (non-hydrogen) atoms. The number of carboxylic acids is 2. The fraction of sp³-hybridized carbons (Fsp3) is 0.733. The molecule has 0 aromatic carbocycles. The van der Waals surface area contributed by atoms with Gasteiger partial charge in [-0.3, -0.25) is 9.59 Å². The molecule has 4 bridgehead atoms. The van der Waals surface area contributed by atoms with Gasteiger partial charge >= 0.3 is 23.9 Å². The van der Waals surface area contributed by atoms with E-state index in [4.69, 9.17) is 9.47 Å². The van der Waals surface area contributed by atoms with Crippen molar-refractivity contribution >= 4 is 23.9 Å².